The molecule has 1 atom stereocenters. The molecule has 0 radical (unpaired) electrons. The molecule has 0 bridgehead atoms. The first-order valence-corrected chi connectivity index (χ1v) is 5.54. The Kier molecular flexibility index (Phi) is 4.79. The normalized spacial score (nSPS) is 12.8. The summed E-state index contributed by atoms with van der Waals surface area (Å²) in [7, 11) is 1.97. The molecule has 84 valence electrons. The molecule has 0 spiro atoms. The lowest BCUT2D eigenvalue weighted by atomic mass is 9.98. The van der Waals surface area contributed by atoms with E-state index >= 15 is 0 Å². The van der Waals surface area contributed by atoms with E-state index in [1.807, 2.05) is 7.05 Å². The van der Waals surface area contributed by atoms with E-state index in [4.69, 9.17) is 5.11 Å². The Labute approximate surface area is 92.3 Å². The Morgan fingerprint density at radius 2 is 2.00 bits per heavy atom. The standard InChI is InChI=1S/C13H21NO/c1-10-6-7-12(9-11(10)2)13(14-3)5-4-8-15/h6-7,9,13-15H,4-5,8H2,1-3H3. The maximum atomic E-state index is 8.83. The molecule has 1 rings (SSSR count). The maximum Gasteiger partial charge on any atom is 0.0431 e. The highest BCUT2D eigenvalue weighted by Crippen LogP contribution is 2.20. The summed E-state index contributed by atoms with van der Waals surface area (Å²) in [5, 5.41) is 12.1. The summed E-state index contributed by atoms with van der Waals surface area (Å²) in [5.41, 5.74) is 3.97. The Morgan fingerprint density at radius 1 is 1.27 bits per heavy atom. The van der Waals surface area contributed by atoms with Crippen molar-refractivity contribution in [2.45, 2.75) is 32.7 Å². The summed E-state index contributed by atoms with van der Waals surface area (Å²) < 4.78 is 0. The second kappa shape index (κ2) is 5.89. The molecule has 15 heavy (non-hydrogen) atoms. The highest BCUT2D eigenvalue weighted by Gasteiger charge is 2.08. The van der Waals surface area contributed by atoms with Crippen molar-refractivity contribution in [3.05, 3.63) is 34.9 Å². The van der Waals surface area contributed by atoms with Gasteiger partial charge in [-0.25, -0.2) is 0 Å². The van der Waals surface area contributed by atoms with Crippen LogP contribution in [-0.2, 0) is 0 Å². The largest absolute Gasteiger partial charge is 0.396 e. The predicted molar refractivity (Wildman–Crippen MR) is 64.0 cm³/mol. The molecule has 0 fully saturated rings. The molecule has 2 N–H and O–H groups in total. The minimum atomic E-state index is 0.267. The molecule has 1 aromatic rings. The second-order valence-corrected chi connectivity index (χ2v) is 4.05. The first-order valence-electron chi connectivity index (χ1n) is 5.54. The summed E-state index contributed by atoms with van der Waals surface area (Å²) in [5.74, 6) is 0. The first-order chi connectivity index (χ1) is 7.19. The van der Waals surface area contributed by atoms with E-state index in [1.54, 1.807) is 0 Å². The SMILES string of the molecule is CNC(CCCO)c1ccc(C)c(C)c1. The molecule has 0 saturated carbocycles. The predicted octanol–water partition coefficient (Wildman–Crippen LogP) is 2.34. The molecule has 0 amide bonds. The van der Waals surface area contributed by atoms with E-state index in [9.17, 15) is 0 Å². The van der Waals surface area contributed by atoms with Gasteiger partial charge in [-0.3, -0.25) is 0 Å². The van der Waals surface area contributed by atoms with Crippen LogP contribution in [0.5, 0.6) is 0 Å². The van der Waals surface area contributed by atoms with Crippen LogP contribution >= 0.6 is 0 Å². The van der Waals surface area contributed by atoms with E-state index in [1.165, 1.54) is 16.7 Å². The fourth-order valence-corrected chi connectivity index (χ4v) is 1.75. The molecule has 1 unspecified atom stereocenters. The Morgan fingerprint density at radius 3 is 2.53 bits per heavy atom. The number of aryl methyl sites for hydroxylation is 2. The molecule has 0 aliphatic carbocycles. The molecular weight excluding hydrogens is 186 g/mol. The van der Waals surface area contributed by atoms with Crippen molar-refractivity contribution in [2.75, 3.05) is 13.7 Å². The third-order valence-corrected chi connectivity index (χ3v) is 2.93. The molecule has 2 nitrogen and oxygen atoms in total. The lowest BCUT2D eigenvalue weighted by molar-refractivity contribution is 0.276. The van der Waals surface area contributed by atoms with Crippen LogP contribution < -0.4 is 5.32 Å². The summed E-state index contributed by atoms with van der Waals surface area (Å²) >= 11 is 0. The van der Waals surface area contributed by atoms with Crippen molar-refractivity contribution in [1.82, 2.24) is 5.32 Å². The number of nitrogens with one attached hydrogen (secondary N) is 1. The van der Waals surface area contributed by atoms with Gasteiger partial charge in [-0.15, -0.1) is 0 Å². The van der Waals surface area contributed by atoms with Crippen LogP contribution in [-0.4, -0.2) is 18.8 Å². The fourth-order valence-electron chi connectivity index (χ4n) is 1.75. The van der Waals surface area contributed by atoms with Gasteiger partial charge in [-0.05, 0) is 50.4 Å². The maximum absolute atomic E-state index is 8.83. The third-order valence-electron chi connectivity index (χ3n) is 2.93. The minimum absolute atomic E-state index is 0.267. The number of hydrogen-bond donors (Lipinski definition) is 2. The van der Waals surface area contributed by atoms with Crippen molar-refractivity contribution in [2.24, 2.45) is 0 Å². The Bertz CT molecular complexity index is 309. The van der Waals surface area contributed by atoms with Gasteiger partial charge in [-0.1, -0.05) is 18.2 Å². The van der Waals surface area contributed by atoms with E-state index in [0.717, 1.165) is 12.8 Å². The van der Waals surface area contributed by atoms with Gasteiger partial charge in [-0.2, -0.15) is 0 Å². The molecule has 0 aromatic heterocycles. The second-order valence-electron chi connectivity index (χ2n) is 4.05. The molecular formula is C13H21NO. The van der Waals surface area contributed by atoms with E-state index in [2.05, 4.69) is 37.4 Å². The topological polar surface area (TPSA) is 32.3 Å². The van der Waals surface area contributed by atoms with Gasteiger partial charge in [0.1, 0.15) is 0 Å². The van der Waals surface area contributed by atoms with Crippen LogP contribution in [0.25, 0.3) is 0 Å². The zero-order chi connectivity index (χ0) is 11.3. The first kappa shape index (κ1) is 12.2. The lowest BCUT2D eigenvalue weighted by Crippen LogP contribution is -2.16. The van der Waals surface area contributed by atoms with Gasteiger partial charge in [0.25, 0.3) is 0 Å². The molecule has 0 aliphatic heterocycles. The number of benzene rings is 1. The van der Waals surface area contributed by atoms with Crippen molar-refractivity contribution < 1.29 is 5.11 Å². The average molecular weight is 207 g/mol. The number of aliphatic hydroxyl groups excluding tert-OH is 1. The monoisotopic (exact) mass is 207 g/mol. The molecule has 2 heteroatoms. The highest BCUT2D eigenvalue weighted by molar-refractivity contribution is 5.31. The van der Waals surface area contributed by atoms with E-state index in [0.29, 0.717) is 6.04 Å². The van der Waals surface area contributed by atoms with Crippen LogP contribution in [0.2, 0.25) is 0 Å². The fraction of sp³-hybridized carbons (Fsp3) is 0.538. The molecule has 1 aromatic carbocycles. The smallest absolute Gasteiger partial charge is 0.0431 e. The zero-order valence-corrected chi connectivity index (χ0v) is 9.88. The van der Waals surface area contributed by atoms with Crippen molar-refractivity contribution in [3.8, 4) is 0 Å². The van der Waals surface area contributed by atoms with Gasteiger partial charge in [0.2, 0.25) is 0 Å². The van der Waals surface area contributed by atoms with Crippen LogP contribution in [0.1, 0.15) is 35.6 Å². The van der Waals surface area contributed by atoms with Crippen LogP contribution in [0, 0.1) is 13.8 Å². The van der Waals surface area contributed by atoms with Crippen LogP contribution in [0.3, 0.4) is 0 Å². The van der Waals surface area contributed by atoms with Gasteiger partial charge >= 0.3 is 0 Å². The summed E-state index contributed by atoms with van der Waals surface area (Å²) in [6.45, 7) is 4.53. The lowest BCUT2D eigenvalue weighted by Gasteiger charge is -2.17. The van der Waals surface area contributed by atoms with Crippen molar-refractivity contribution >= 4 is 0 Å². The van der Waals surface area contributed by atoms with Crippen LogP contribution in [0.15, 0.2) is 18.2 Å². The third kappa shape index (κ3) is 3.33. The summed E-state index contributed by atoms with van der Waals surface area (Å²) in [4.78, 5) is 0. The highest BCUT2D eigenvalue weighted by atomic mass is 16.2. The van der Waals surface area contributed by atoms with Gasteiger partial charge in [0.05, 0.1) is 0 Å². The minimum Gasteiger partial charge on any atom is -0.396 e. The van der Waals surface area contributed by atoms with E-state index < -0.39 is 0 Å². The molecule has 0 heterocycles. The van der Waals surface area contributed by atoms with Crippen molar-refractivity contribution in [1.29, 1.82) is 0 Å². The Balaban J connectivity index is 2.78. The Hall–Kier alpha value is -0.860. The number of hydrogen-bond acceptors (Lipinski definition) is 2. The van der Waals surface area contributed by atoms with Gasteiger partial charge < -0.3 is 10.4 Å². The van der Waals surface area contributed by atoms with Crippen LogP contribution in [0.4, 0.5) is 0 Å². The quantitative estimate of drug-likeness (QED) is 0.776. The summed E-state index contributed by atoms with van der Waals surface area (Å²) in [6.07, 6.45) is 1.83. The summed E-state index contributed by atoms with van der Waals surface area (Å²) in [6, 6.07) is 6.92. The van der Waals surface area contributed by atoms with Crippen molar-refractivity contribution in [3.63, 3.8) is 0 Å². The average Bonchev–Trinajstić information content (AvgIpc) is 2.24. The molecule has 0 saturated heterocycles. The van der Waals surface area contributed by atoms with E-state index in [-0.39, 0.29) is 6.61 Å². The number of aliphatic hydroxyl groups is 1. The van der Waals surface area contributed by atoms with Gasteiger partial charge in [0, 0.05) is 12.6 Å². The number of rotatable bonds is 5. The van der Waals surface area contributed by atoms with Gasteiger partial charge in [0.15, 0.2) is 0 Å². The zero-order valence-electron chi connectivity index (χ0n) is 9.88. The molecule has 0 aliphatic rings.